The Kier molecular flexibility index (Phi) is 10.3. The topological polar surface area (TPSA) is 74.0 Å². The summed E-state index contributed by atoms with van der Waals surface area (Å²) < 4.78 is 16.5. The Balaban J connectivity index is 0.000000411. The maximum atomic E-state index is 12.0. The summed E-state index contributed by atoms with van der Waals surface area (Å²) in [6.45, 7) is 13.4. The molecule has 0 aromatic heterocycles. The van der Waals surface area contributed by atoms with Gasteiger partial charge in [-0.25, -0.2) is 0 Å². The molecule has 3 rings (SSSR count). The summed E-state index contributed by atoms with van der Waals surface area (Å²) in [5.41, 5.74) is 5.98. The summed E-state index contributed by atoms with van der Waals surface area (Å²) in [5, 5.41) is 0. The summed E-state index contributed by atoms with van der Waals surface area (Å²) >= 11 is 0. The van der Waals surface area contributed by atoms with Crippen molar-refractivity contribution in [3.8, 4) is 11.5 Å². The molecule has 1 saturated heterocycles. The number of hydrogen-bond acceptors (Lipinski definition) is 6. The van der Waals surface area contributed by atoms with Crippen molar-refractivity contribution in [1.29, 1.82) is 0 Å². The molecule has 1 aromatic carbocycles. The maximum absolute atomic E-state index is 12.0. The average Bonchev–Trinajstić information content (AvgIpc) is 3.17. The Hall–Kier alpha value is -1.79. The summed E-state index contributed by atoms with van der Waals surface area (Å²) in [4.78, 5) is 14.3. The van der Waals surface area contributed by atoms with Crippen molar-refractivity contribution in [2.75, 3.05) is 39.9 Å². The number of benzene rings is 1. The van der Waals surface area contributed by atoms with Gasteiger partial charge in [-0.2, -0.15) is 0 Å². The van der Waals surface area contributed by atoms with Crippen molar-refractivity contribution >= 4 is 5.97 Å². The Morgan fingerprint density at radius 2 is 1.71 bits per heavy atom. The first kappa shape index (κ1) is 24.2. The average molecular weight is 395 g/mol. The zero-order valence-corrected chi connectivity index (χ0v) is 18.4. The fourth-order valence-corrected chi connectivity index (χ4v) is 2.69. The molecule has 0 saturated carbocycles. The van der Waals surface area contributed by atoms with E-state index in [2.05, 4.69) is 11.9 Å². The molecule has 6 heteroatoms. The molecule has 0 aliphatic carbocycles. The van der Waals surface area contributed by atoms with Crippen LogP contribution < -0.4 is 15.2 Å². The molecule has 28 heavy (non-hydrogen) atoms. The number of likely N-dealkylation sites (tertiary alicyclic amines) is 1. The van der Waals surface area contributed by atoms with Crippen molar-refractivity contribution in [3.05, 3.63) is 23.8 Å². The molecule has 2 aliphatic heterocycles. The molecule has 2 heterocycles. The van der Waals surface area contributed by atoms with Crippen LogP contribution in [0.25, 0.3) is 0 Å². The van der Waals surface area contributed by atoms with Gasteiger partial charge in [0.1, 0.15) is 19.3 Å². The molecule has 2 aliphatic rings. The van der Waals surface area contributed by atoms with E-state index in [1.54, 1.807) is 0 Å². The number of nitrogens with two attached hydrogens (primary N) is 1. The minimum atomic E-state index is -0.554. The minimum Gasteiger partial charge on any atom is -0.486 e. The molecule has 0 amide bonds. The lowest BCUT2D eigenvalue weighted by Crippen LogP contribution is -2.28. The second-order valence-electron chi connectivity index (χ2n) is 7.79. The van der Waals surface area contributed by atoms with Gasteiger partial charge in [0.25, 0.3) is 0 Å². The quantitative estimate of drug-likeness (QED) is 0.787. The van der Waals surface area contributed by atoms with Crippen molar-refractivity contribution in [2.24, 2.45) is 11.1 Å². The highest BCUT2D eigenvalue weighted by Crippen LogP contribution is 2.34. The first-order valence-electron chi connectivity index (χ1n) is 10.3. The van der Waals surface area contributed by atoms with Crippen LogP contribution in [0.5, 0.6) is 11.5 Å². The third-order valence-corrected chi connectivity index (χ3v) is 4.34. The Morgan fingerprint density at radius 1 is 1.14 bits per heavy atom. The van der Waals surface area contributed by atoms with E-state index in [1.165, 1.54) is 25.9 Å². The van der Waals surface area contributed by atoms with Crippen molar-refractivity contribution in [3.63, 3.8) is 0 Å². The highest BCUT2D eigenvalue weighted by atomic mass is 16.6. The van der Waals surface area contributed by atoms with Gasteiger partial charge >= 0.3 is 5.97 Å². The molecule has 160 valence electrons. The summed E-state index contributed by atoms with van der Waals surface area (Å²) in [5.74, 6) is 1.10. The smallest absolute Gasteiger partial charge is 0.311 e. The molecule has 0 spiro atoms. The summed E-state index contributed by atoms with van der Waals surface area (Å²) in [6.07, 6.45) is 2.35. The lowest BCUT2D eigenvalue weighted by atomic mass is 9.97. The molecule has 1 atom stereocenters. The van der Waals surface area contributed by atoms with Crippen LogP contribution in [0.4, 0.5) is 0 Å². The molecule has 2 N–H and O–H groups in total. The third-order valence-electron chi connectivity index (χ3n) is 4.34. The van der Waals surface area contributed by atoms with Gasteiger partial charge in [-0.15, -0.1) is 0 Å². The number of nitrogens with zero attached hydrogens (tertiary/aromatic N) is 1. The third kappa shape index (κ3) is 7.68. The van der Waals surface area contributed by atoms with E-state index in [0.717, 1.165) is 5.56 Å². The number of hydrogen-bond donors (Lipinski definition) is 1. The van der Waals surface area contributed by atoms with Crippen LogP contribution in [0.15, 0.2) is 18.2 Å². The van der Waals surface area contributed by atoms with Crippen LogP contribution >= 0.6 is 0 Å². The van der Waals surface area contributed by atoms with Gasteiger partial charge in [0.15, 0.2) is 11.5 Å². The van der Waals surface area contributed by atoms with Crippen LogP contribution in [-0.4, -0.2) is 50.8 Å². The van der Waals surface area contributed by atoms with Crippen LogP contribution in [0, 0.1) is 5.41 Å². The number of rotatable bonds is 3. The predicted octanol–water partition coefficient (Wildman–Crippen LogP) is 3.79. The second-order valence-corrected chi connectivity index (χ2v) is 7.79. The normalized spacial score (nSPS) is 16.8. The summed E-state index contributed by atoms with van der Waals surface area (Å²) in [7, 11) is 2.17. The monoisotopic (exact) mass is 394 g/mol. The zero-order chi connectivity index (χ0) is 21.2. The van der Waals surface area contributed by atoms with E-state index in [-0.39, 0.29) is 12.5 Å². The Morgan fingerprint density at radius 3 is 2.18 bits per heavy atom. The van der Waals surface area contributed by atoms with Crippen molar-refractivity contribution < 1.29 is 19.0 Å². The van der Waals surface area contributed by atoms with Gasteiger partial charge in [-0.1, -0.05) is 19.9 Å². The van der Waals surface area contributed by atoms with Crippen LogP contribution in [0.1, 0.15) is 59.1 Å². The number of ether oxygens (including phenoxy) is 3. The number of esters is 1. The fraction of sp³-hybridized carbons (Fsp3) is 0.682. The molecule has 1 fully saturated rings. The van der Waals surface area contributed by atoms with Gasteiger partial charge < -0.3 is 24.8 Å². The molecular weight excluding hydrogens is 356 g/mol. The molecular formula is C22H38N2O4. The molecule has 0 bridgehead atoms. The second kappa shape index (κ2) is 11.9. The molecule has 6 nitrogen and oxygen atoms in total. The number of carbonyl (C=O) groups is 1. The first-order chi connectivity index (χ1) is 13.3. The van der Waals surface area contributed by atoms with Crippen molar-refractivity contribution in [1.82, 2.24) is 4.90 Å². The Labute approximate surface area is 170 Å². The molecule has 1 aromatic rings. The first-order valence-corrected chi connectivity index (χ1v) is 10.3. The van der Waals surface area contributed by atoms with E-state index in [0.29, 0.717) is 24.7 Å². The van der Waals surface area contributed by atoms with E-state index < -0.39 is 11.5 Å². The zero-order valence-electron chi connectivity index (χ0n) is 18.4. The fourth-order valence-electron chi connectivity index (χ4n) is 2.69. The lowest BCUT2D eigenvalue weighted by molar-refractivity contribution is -0.158. The van der Waals surface area contributed by atoms with E-state index in [1.807, 2.05) is 52.8 Å². The number of carbonyl (C=O) groups excluding carboxylic acids is 1. The maximum Gasteiger partial charge on any atom is 0.311 e. The van der Waals surface area contributed by atoms with E-state index in [4.69, 9.17) is 19.9 Å². The number of fused-ring (bicyclic) bond motifs is 1. The molecule has 0 radical (unpaired) electrons. The van der Waals surface area contributed by atoms with Gasteiger partial charge in [-0.05, 0) is 71.4 Å². The van der Waals surface area contributed by atoms with Gasteiger partial charge in [0.2, 0.25) is 0 Å². The van der Waals surface area contributed by atoms with Gasteiger partial charge in [0.05, 0.1) is 5.41 Å². The lowest BCUT2D eigenvalue weighted by Gasteiger charge is -2.24. The SMILES string of the molecule is CC.CC(C)(C)C(=O)OC(CN)c1ccc2c(c1)OCCO2.CN1CCCC1. The predicted molar refractivity (Wildman–Crippen MR) is 113 cm³/mol. The highest BCUT2D eigenvalue weighted by Gasteiger charge is 2.27. The van der Waals surface area contributed by atoms with Crippen LogP contribution in [-0.2, 0) is 9.53 Å². The standard InChI is InChI=1S/C15H21NO4.C5H11N.C2H6/c1-15(2,3)14(17)20-13(9-16)10-4-5-11-12(8-10)19-7-6-18-11;1-6-4-2-3-5-6;1-2/h4-5,8,13H,6-7,9,16H2,1-3H3;2-5H2,1H3;1-2H3. The highest BCUT2D eigenvalue weighted by molar-refractivity contribution is 5.75. The van der Waals surface area contributed by atoms with E-state index >= 15 is 0 Å². The Bertz CT molecular complexity index is 593. The van der Waals surface area contributed by atoms with Crippen molar-refractivity contribution in [2.45, 2.75) is 53.6 Å². The summed E-state index contributed by atoms with van der Waals surface area (Å²) in [6, 6.07) is 5.49. The largest absolute Gasteiger partial charge is 0.486 e. The van der Waals surface area contributed by atoms with Gasteiger partial charge in [-0.3, -0.25) is 4.79 Å². The van der Waals surface area contributed by atoms with Gasteiger partial charge in [0, 0.05) is 6.54 Å². The van der Waals surface area contributed by atoms with Crippen LogP contribution in [0.3, 0.4) is 0 Å². The van der Waals surface area contributed by atoms with Crippen LogP contribution in [0.2, 0.25) is 0 Å². The van der Waals surface area contributed by atoms with E-state index in [9.17, 15) is 4.79 Å². The molecule has 1 unspecified atom stereocenters. The minimum absolute atomic E-state index is 0.224.